The molecule has 3 N–H and O–H groups in total. The van der Waals surface area contributed by atoms with E-state index in [2.05, 4.69) is 5.32 Å². The van der Waals surface area contributed by atoms with E-state index in [0.717, 1.165) is 24.3 Å². The first kappa shape index (κ1) is 22.8. The molecule has 1 saturated heterocycles. The summed E-state index contributed by atoms with van der Waals surface area (Å²) in [6.45, 7) is 0.856. The Labute approximate surface area is 175 Å². The molecule has 10 heteroatoms. The minimum absolute atomic E-state index is 0.00207. The molecule has 31 heavy (non-hydrogen) atoms. The van der Waals surface area contributed by atoms with Crippen molar-refractivity contribution in [1.82, 2.24) is 4.90 Å². The van der Waals surface area contributed by atoms with Gasteiger partial charge in [-0.1, -0.05) is 12.1 Å². The molecule has 1 heterocycles. The smallest absolute Gasteiger partial charge is 0.397 e. The molecule has 1 aliphatic heterocycles. The van der Waals surface area contributed by atoms with E-state index in [-0.39, 0.29) is 24.1 Å². The number of amides is 1. The van der Waals surface area contributed by atoms with Crippen LogP contribution < -0.4 is 11.1 Å². The number of nitrogens with one attached hydrogen (secondary N) is 1. The van der Waals surface area contributed by atoms with Crippen LogP contribution in [0.1, 0.15) is 29.5 Å². The zero-order valence-corrected chi connectivity index (χ0v) is 16.4. The number of hydrogen-bond donors (Lipinski definition) is 2. The Bertz CT molecular complexity index is 916. The number of halogens is 6. The Balaban J connectivity index is 1.52. The number of hydrogen-bond acceptors (Lipinski definition) is 3. The van der Waals surface area contributed by atoms with Gasteiger partial charge < -0.3 is 16.0 Å². The summed E-state index contributed by atoms with van der Waals surface area (Å²) in [6, 6.07) is 7.56. The molecule has 0 bridgehead atoms. The lowest BCUT2D eigenvalue weighted by molar-refractivity contribution is -0.138. The molecule has 168 valence electrons. The molecule has 2 aromatic rings. The monoisotopic (exact) mass is 445 g/mol. The molecule has 1 amide bonds. The van der Waals surface area contributed by atoms with Crippen molar-refractivity contribution in [1.29, 1.82) is 0 Å². The lowest BCUT2D eigenvalue weighted by Crippen LogP contribution is -2.43. The minimum Gasteiger partial charge on any atom is -0.397 e. The maximum Gasteiger partial charge on any atom is 0.416 e. The predicted molar refractivity (Wildman–Crippen MR) is 104 cm³/mol. The number of likely N-dealkylation sites (tertiary alicyclic amines) is 1. The summed E-state index contributed by atoms with van der Waals surface area (Å²) in [6.07, 6.45) is -7.75. The van der Waals surface area contributed by atoms with Gasteiger partial charge in [0.15, 0.2) is 0 Å². The Kier molecular flexibility index (Phi) is 6.38. The van der Waals surface area contributed by atoms with Crippen molar-refractivity contribution < 1.29 is 31.1 Å². The molecule has 0 spiro atoms. The number of nitrogens with two attached hydrogens (primary N) is 1. The van der Waals surface area contributed by atoms with E-state index in [1.54, 1.807) is 4.90 Å². The van der Waals surface area contributed by atoms with Crippen molar-refractivity contribution in [3.63, 3.8) is 0 Å². The van der Waals surface area contributed by atoms with Gasteiger partial charge in [-0.15, -0.1) is 0 Å². The molecule has 0 radical (unpaired) electrons. The molecular formula is C21H21F6N3O. The van der Waals surface area contributed by atoms with E-state index in [1.165, 1.54) is 18.2 Å². The molecule has 1 aliphatic rings. The van der Waals surface area contributed by atoms with Gasteiger partial charge in [0.1, 0.15) is 0 Å². The Morgan fingerprint density at radius 1 is 0.935 bits per heavy atom. The second-order valence-corrected chi connectivity index (χ2v) is 7.47. The number of rotatable bonds is 4. The normalized spacial score (nSPS) is 15.7. The fourth-order valence-electron chi connectivity index (χ4n) is 3.46. The SMILES string of the molecule is Nc1cc(C(F)(F)F)ccc1NC1CCN(C(=O)Cc2ccc(C(F)(F)F)cc2)CC1. The highest BCUT2D eigenvalue weighted by Gasteiger charge is 2.32. The third kappa shape index (κ3) is 5.83. The van der Waals surface area contributed by atoms with Crippen molar-refractivity contribution in [2.45, 2.75) is 37.7 Å². The summed E-state index contributed by atoms with van der Waals surface area (Å²) in [4.78, 5) is 14.1. The number of carbonyl (C=O) groups is 1. The summed E-state index contributed by atoms with van der Waals surface area (Å²) in [5, 5.41) is 3.12. The van der Waals surface area contributed by atoms with Crippen LogP contribution in [0.25, 0.3) is 0 Å². The van der Waals surface area contributed by atoms with Crippen LogP contribution in [0, 0.1) is 0 Å². The molecule has 2 aromatic carbocycles. The van der Waals surface area contributed by atoms with Crippen molar-refractivity contribution >= 4 is 17.3 Å². The minimum atomic E-state index is -4.47. The molecule has 0 unspecified atom stereocenters. The molecule has 0 aliphatic carbocycles. The van der Waals surface area contributed by atoms with Gasteiger partial charge in [0, 0.05) is 19.1 Å². The second kappa shape index (κ2) is 8.68. The standard InChI is InChI=1S/C21H21F6N3O/c22-20(23,24)14-3-1-13(2-4-14)11-19(31)30-9-7-16(8-10-30)29-18-6-5-15(12-17(18)28)21(25,26)27/h1-6,12,16,29H,7-11,28H2. The lowest BCUT2D eigenvalue weighted by atomic mass is 10.0. The highest BCUT2D eigenvalue weighted by molar-refractivity contribution is 5.79. The number of benzene rings is 2. The number of nitrogen functional groups attached to an aromatic ring is 1. The van der Waals surface area contributed by atoms with E-state index in [1.807, 2.05) is 0 Å². The van der Waals surface area contributed by atoms with E-state index in [0.29, 0.717) is 37.2 Å². The highest BCUT2D eigenvalue weighted by atomic mass is 19.4. The molecule has 4 nitrogen and oxygen atoms in total. The third-order valence-corrected chi connectivity index (χ3v) is 5.22. The van der Waals surface area contributed by atoms with Gasteiger partial charge in [-0.2, -0.15) is 26.3 Å². The maximum atomic E-state index is 12.7. The second-order valence-electron chi connectivity index (χ2n) is 7.47. The number of anilines is 2. The van der Waals surface area contributed by atoms with Crippen molar-refractivity contribution in [3.05, 3.63) is 59.2 Å². The van der Waals surface area contributed by atoms with Crippen LogP contribution in [0.3, 0.4) is 0 Å². The van der Waals surface area contributed by atoms with Gasteiger partial charge in [0.05, 0.1) is 28.9 Å². The summed E-state index contributed by atoms with van der Waals surface area (Å²) < 4.78 is 76.1. The topological polar surface area (TPSA) is 58.4 Å². The molecule has 0 aromatic heterocycles. The first-order valence-electron chi connectivity index (χ1n) is 9.60. The Hall–Kier alpha value is -2.91. The Morgan fingerprint density at radius 2 is 1.48 bits per heavy atom. The molecule has 1 fully saturated rings. The third-order valence-electron chi connectivity index (χ3n) is 5.22. The first-order chi connectivity index (χ1) is 14.4. The average molecular weight is 445 g/mol. The Morgan fingerprint density at radius 3 is 2.00 bits per heavy atom. The number of carbonyl (C=O) groups excluding carboxylic acids is 1. The van der Waals surface area contributed by atoms with Crippen LogP contribution in [0.5, 0.6) is 0 Å². The van der Waals surface area contributed by atoms with Crippen LogP contribution in [0.4, 0.5) is 37.7 Å². The van der Waals surface area contributed by atoms with Crippen LogP contribution in [0.15, 0.2) is 42.5 Å². The lowest BCUT2D eigenvalue weighted by Gasteiger charge is -2.33. The van der Waals surface area contributed by atoms with E-state index < -0.39 is 23.5 Å². The summed E-state index contributed by atoms with van der Waals surface area (Å²) in [7, 11) is 0. The van der Waals surface area contributed by atoms with Crippen LogP contribution >= 0.6 is 0 Å². The largest absolute Gasteiger partial charge is 0.416 e. The van der Waals surface area contributed by atoms with Crippen LogP contribution in [-0.2, 0) is 23.6 Å². The van der Waals surface area contributed by atoms with E-state index in [9.17, 15) is 31.1 Å². The van der Waals surface area contributed by atoms with Crippen molar-refractivity contribution in [2.24, 2.45) is 0 Å². The summed E-state index contributed by atoms with van der Waals surface area (Å²) in [5.74, 6) is -0.188. The maximum absolute atomic E-state index is 12.7. The fourth-order valence-corrected chi connectivity index (χ4v) is 3.46. The van der Waals surface area contributed by atoms with Gasteiger partial charge in [-0.05, 0) is 48.7 Å². The van der Waals surface area contributed by atoms with Gasteiger partial charge in [0.25, 0.3) is 0 Å². The van der Waals surface area contributed by atoms with E-state index in [4.69, 9.17) is 5.73 Å². The molecule has 3 rings (SSSR count). The zero-order chi connectivity index (χ0) is 22.8. The number of nitrogens with zero attached hydrogens (tertiary/aromatic N) is 1. The summed E-state index contributed by atoms with van der Waals surface area (Å²) >= 11 is 0. The fraction of sp³-hybridized carbons (Fsp3) is 0.381. The van der Waals surface area contributed by atoms with Gasteiger partial charge in [0.2, 0.25) is 5.91 Å². The quantitative estimate of drug-likeness (QED) is 0.517. The highest BCUT2D eigenvalue weighted by Crippen LogP contribution is 2.33. The van der Waals surface area contributed by atoms with Crippen molar-refractivity contribution in [2.75, 3.05) is 24.1 Å². The zero-order valence-electron chi connectivity index (χ0n) is 16.4. The van der Waals surface area contributed by atoms with E-state index >= 15 is 0 Å². The van der Waals surface area contributed by atoms with Crippen molar-refractivity contribution in [3.8, 4) is 0 Å². The van der Waals surface area contributed by atoms with Crippen LogP contribution in [-0.4, -0.2) is 29.9 Å². The number of piperidine rings is 1. The van der Waals surface area contributed by atoms with Gasteiger partial charge >= 0.3 is 12.4 Å². The molecular weight excluding hydrogens is 424 g/mol. The molecule has 0 atom stereocenters. The predicted octanol–water partition coefficient (Wildman–Crippen LogP) is 4.95. The van der Waals surface area contributed by atoms with Crippen LogP contribution in [0.2, 0.25) is 0 Å². The van der Waals surface area contributed by atoms with Gasteiger partial charge in [-0.25, -0.2) is 0 Å². The first-order valence-corrected chi connectivity index (χ1v) is 9.60. The average Bonchev–Trinajstić information content (AvgIpc) is 2.69. The molecule has 0 saturated carbocycles. The summed E-state index contributed by atoms with van der Waals surface area (Å²) in [5.41, 5.74) is 5.05. The van der Waals surface area contributed by atoms with Gasteiger partial charge in [-0.3, -0.25) is 4.79 Å². The number of alkyl halides is 6.